The molecular formula is C9H18N2. The molecule has 2 rings (SSSR count). The molecule has 0 unspecified atom stereocenters. The maximum atomic E-state index is 5.99. The maximum Gasteiger partial charge on any atom is 0.00673 e. The van der Waals surface area contributed by atoms with Crippen LogP contribution in [0.4, 0.5) is 0 Å². The summed E-state index contributed by atoms with van der Waals surface area (Å²) < 4.78 is 0. The Morgan fingerprint density at radius 2 is 1.18 bits per heavy atom. The fourth-order valence-electron chi connectivity index (χ4n) is 2.69. The first kappa shape index (κ1) is 7.56. The van der Waals surface area contributed by atoms with E-state index in [0.717, 1.165) is 11.8 Å². The van der Waals surface area contributed by atoms with E-state index in [1.165, 1.54) is 32.1 Å². The average Bonchev–Trinajstić information content (AvgIpc) is 2.02. The highest BCUT2D eigenvalue weighted by atomic mass is 14.7. The maximum absolute atomic E-state index is 5.99. The lowest BCUT2D eigenvalue weighted by Gasteiger charge is -2.41. The van der Waals surface area contributed by atoms with Crippen LogP contribution in [0.1, 0.15) is 32.1 Å². The minimum Gasteiger partial charge on any atom is -0.327 e. The molecule has 0 aromatic carbocycles. The number of fused-ring (bicyclic) bond motifs is 2. The molecule has 0 amide bonds. The smallest absolute Gasteiger partial charge is 0.00673 e. The summed E-state index contributed by atoms with van der Waals surface area (Å²) >= 11 is 0. The largest absolute Gasteiger partial charge is 0.327 e. The van der Waals surface area contributed by atoms with Gasteiger partial charge in [0, 0.05) is 12.1 Å². The van der Waals surface area contributed by atoms with Crippen LogP contribution < -0.4 is 11.5 Å². The lowest BCUT2D eigenvalue weighted by Crippen LogP contribution is -2.46. The van der Waals surface area contributed by atoms with Crippen LogP contribution in [0, 0.1) is 11.8 Å². The van der Waals surface area contributed by atoms with Crippen molar-refractivity contribution in [3.63, 3.8) is 0 Å². The van der Waals surface area contributed by atoms with Crippen LogP contribution in [0.5, 0.6) is 0 Å². The van der Waals surface area contributed by atoms with Crippen molar-refractivity contribution in [3.05, 3.63) is 0 Å². The van der Waals surface area contributed by atoms with Crippen molar-refractivity contribution in [1.29, 1.82) is 0 Å². The van der Waals surface area contributed by atoms with E-state index in [-0.39, 0.29) is 0 Å². The molecule has 2 nitrogen and oxygen atoms in total. The number of hydrogen-bond acceptors (Lipinski definition) is 2. The van der Waals surface area contributed by atoms with E-state index in [1.54, 1.807) is 0 Å². The third-order valence-corrected chi connectivity index (χ3v) is 3.56. The Balaban J connectivity index is 2.02. The molecule has 2 fully saturated rings. The van der Waals surface area contributed by atoms with Gasteiger partial charge in [0.2, 0.25) is 0 Å². The average molecular weight is 154 g/mol. The number of hydrogen-bond donors (Lipinski definition) is 2. The topological polar surface area (TPSA) is 52.0 Å². The van der Waals surface area contributed by atoms with E-state index >= 15 is 0 Å². The molecule has 64 valence electrons. The van der Waals surface area contributed by atoms with Crippen LogP contribution in [0.25, 0.3) is 0 Å². The Morgan fingerprint density at radius 1 is 0.727 bits per heavy atom. The second-order valence-corrected chi connectivity index (χ2v) is 4.24. The summed E-state index contributed by atoms with van der Waals surface area (Å²) in [5, 5.41) is 0. The Labute approximate surface area is 68.3 Å². The Kier molecular flexibility index (Phi) is 1.90. The SMILES string of the molecule is N[C@@H]1CC[C@H]2C[C@@H]1CC[C@H]2N. The van der Waals surface area contributed by atoms with Crippen LogP contribution in [0.2, 0.25) is 0 Å². The van der Waals surface area contributed by atoms with Gasteiger partial charge in [-0.2, -0.15) is 0 Å². The minimum atomic E-state index is 0.485. The van der Waals surface area contributed by atoms with Crippen molar-refractivity contribution < 1.29 is 0 Å². The van der Waals surface area contributed by atoms with Crippen LogP contribution >= 0.6 is 0 Å². The predicted molar refractivity (Wildman–Crippen MR) is 46.0 cm³/mol. The molecule has 0 saturated heterocycles. The molecule has 0 aromatic rings. The summed E-state index contributed by atoms with van der Waals surface area (Å²) in [5.41, 5.74) is 12.0. The summed E-state index contributed by atoms with van der Waals surface area (Å²) in [4.78, 5) is 0. The van der Waals surface area contributed by atoms with Crippen molar-refractivity contribution in [1.82, 2.24) is 0 Å². The lowest BCUT2D eigenvalue weighted by molar-refractivity contribution is 0.143. The van der Waals surface area contributed by atoms with E-state index in [4.69, 9.17) is 11.5 Å². The van der Waals surface area contributed by atoms with Gasteiger partial charge in [-0.15, -0.1) is 0 Å². The Hall–Kier alpha value is -0.0800. The third kappa shape index (κ3) is 1.30. The highest BCUT2D eigenvalue weighted by Crippen LogP contribution is 2.38. The monoisotopic (exact) mass is 154 g/mol. The van der Waals surface area contributed by atoms with Gasteiger partial charge in [-0.1, -0.05) is 0 Å². The fraction of sp³-hybridized carbons (Fsp3) is 1.00. The number of rotatable bonds is 0. The first-order valence-corrected chi connectivity index (χ1v) is 4.78. The molecule has 4 N–H and O–H groups in total. The molecule has 2 saturated carbocycles. The molecule has 2 aliphatic rings. The van der Waals surface area contributed by atoms with E-state index in [0.29, 0.717) is 12.1 Å². The second-order valence-electron chi connectivity index (χ2n) is 4.24. The predicted octanol–water partition coefficient (Wildman–Crippen LogP) is 0.851. The molecule has 0 heterocycles. The molecule has 11 heavy (non-hydrogen) atoms. The molecule has 2 aliphatic carbocycles. The molecule has 0 aliphatic heterocycles. The van der Waals surface area contributed by atoms with Gasteiger partial charge in [-0.05, 0) is 43.9 Å². The van der Waals surface area contributed by atoms with Gasteiger partial charge in [-0.25, -0.2) is 0 Å². The van der Waals surface area contributed by atoms with Crippen LogP contribution in [-0.2, 0) is 0 Å². The van der Waals surface area contributed by atoms with Crippen molar-refractivity contribution in [2.45, 2.75) is 44.2 Å². The molecule has 2 heteroatoms. The van der Waals surface area contributed by atoms with Gasteiger partial charge in [0.25, 0.3) is 0 Å². The van der Waals surface area contributed by atoms with Gasteiger partial charge in [0.05, 0.1) is 0 Å². The summed E-state index contributed by atoms with van der Waals surface area (Å²) in [6.45, 7) is 0. The van der Waals surface area contributed by atoms with Gasteiger partial charge in [0.15, 0.2) is 0 Å². The molecule has 0 aromatic heterocycles. The zero-order chi connectivity index (χ0) is 7.84. The van der Waals surface area contributed by atoms with Crippen LogP contribution in [-0.4, -0.2) is 12.1 Å². The molecular weight excluding hydrogens is 136 g/mol. The third-order valence-electron chi connectivity index (χ3n) is 3.56. The van der Waals surface area contributed by atoms with Gasteiger partial charge in [-0.3, -0.25) is 0 Å². The van der Waals surface area contributed by atoms with E-state index < -0.39 is 0 Å². The minimum absolute atomic E-state index is 0.485. The molecule has 4 atom stereocenters. The zero-order valence-electron chi connectivity index (χ0n) is 7.00. The quantitative estimate of drug-likeness (QED) is 0.543. The van der Waals surface area contributed by atoms with Crippen molar-refractivity contribution in [3.8, 4) is 0 Å². The zero-order valence-corrected chi connectivity index (χ0v) is 7.00. The van der Waals surface area contributed by atoms with Gasteiger partial charge < -0.3 is 11.5 Å². The summed E-state index contributed by atoms with van der Waals surface area (Å²) in [5.74, 6) is 1.60. The molecule has 0 radical (unpaired) electrons. The van der Waals surface area contributed by atoms with Gasteiger partial charge >= 0.3 is 0 Å². The van der Waals surface area contributed by atoms with Crippen molar-refractivity contribution in [2.24, 2.45) is 23.3 Å². The normalized spacial score (nSPS) is 50.7. The Bertz CT molecular complexity index is 130. The second kappa shape index (κ2) is 2.76. The van der Waals surface area contributed by atoms with Gasteiger partial charge in [0.1, 0.15) is 0 Å². The van der Waals surface area contributed by atoms with Crippen molar-refractivity contribution in [2.75, 3.05) is 0 Å². The van der Waals surface area contributed by atoms with E-state index in [1.807, 2.05) is 0 Å². The molecule has 0 spiro atoms. The summed E-state index contributed by atoms with van der Waals surface area (Å²) in [7, 11) is 0. The highest BCUT2D eigenvalue weighted by molar-refractivity contribution is 4.91. The standard InChI is InChI=1S/C9H18N2/c10-8-3-1-6-5-7(8)2-4-9(6)11/h6-9H,1-5,10-11H2/t6-,7-,8+,9+/m0/s1. The molecule has 2 bridgehead atoms. The summed E-state index contributed by atoms with van der Waals surface area (Å²) in [6, 6.07) is 0.970. The summed E-state index contributed by atoms with van der Waals surface area (Å²) in [6.07, 6.45) is 6.28. The van der Waals surface area contributed by atoms with E-state index in [2.05, 4.69) is 0 Å². The van der Waals surface area contributed by atoms with E-state index in [9.17, 15) is 0 Å². The lowest BCUT2D eigenvalue weighted by atomic mass is 9.68. The van der Waals surface area contributed by atoms with Crippen molar-refractivity contribution >= 4 is 0 Å². The fourth-order valence-corrected chi connectivity index (χ4v) is 2.69. The first-order valence-electron chi connectivity index (χ1n) is 4.78. The Morgan fingerprint density at radius 3 is 1.64 bits per heavy atom. The number of nitrogens with two attached hydrogens (primary N) is 2. The van der Waals surface area contributed by atoms with Crippen LogP contribution in [0.3, 0.4) is 0 Å². The first-order chi connectivity index (χ1) is 5.27. The highest BCUT2D eigenvalue weighted by Gasteiger charge is 2.35. The van der Waals surface area contributed by atoms with Crippen LogP contribution in [0.15, 0.2) is 0 Å².